The van der Waals surface area contributed by atoms with Crippen LogP contribution in [-0.2, 0) is 4.84 Å². The van der Waals surface area contributed by atoms with Crippen molar-refractivity contribution in [3.05, 3.63) is 59.8 Å². The fourth-order valence-electron chi connectivity index (χ4n) is 2.43. The van der Waals surface area contributed by atoms with Gasteiger partial charge in [0.2, 0.25) is 0 Å². The smallest absolute Gasteiger partial charge is 0.338 e. The maximum atomic E-state index is 11.9. The fraction of sp³-hybridized carbons (Fsp3) is 0.353. The first-order valence-corrected chi connectivity index (χ1v) is 7.17. The molecule has 1 heterocycles. The minimum atomic E-state index is -0.364. The second kappa shape index (κ2) is 7.09. The highest BCUT2D eigenvalue weighted by molar-refractivity contribution is 5.89. The molecule has 0 unspecified atom stereocenters. The van der Waals surface area contributed by atoms with Gasteiger partial charge in [-0.15, -0.1) is 6.58 Å². The van der Waals surface area contributed by atoms with Crippen LogP contribution >= 0.6 is 0 Å². The molecule has 0 radical (unpaired) electrons. The average Bonchev–Trinajstić information content (AvgIpc) is 2.50. The summed E-state index contributed by atoms with van der Waals surface area (Å²) < 4.78 is 0. The molecule has 0 amide bonds. The molecule has 1 aliphatic heterocycles. The lowest BCUT2D eigenvalue weighted by molar-refractivity contribution is 0.0297. The number of nitrogens with one attached hydrogen (secondary N) is 1. The van der Waals surface area contributed by atoms with Gasteiger partial charge in [0.05, 0.1) is 11.3 Å². The van der Waals surface area contributed by atoms with E-state index in [0.717, 1.165) is 25.2 Å². The quantitative estimate of drug-likeness (QED) is 0.667. The third-order valence-electron chi connectivity index (χ3n) is 3.72. The van der Waals surface area contributed by atoms with Crippen LogP contribution in [0.25, 0.3) is 0 Å². The SMILES string of the molecule is C=CCN1CC(C)=C(NOC(=O)c2ccccc2)C[C@H]1C. The number of hydrogen-bond acceptors (Lipinski definition) is 4. The topological polar surface area (TPSA) is 41.6 Å². The van der Waals surface area contributed by atoms with Crippen LogP contribution in [0.3, 0.4) is 0 Å². The Morgan fingerprint density at radius 2 is 2.19 bits per heavy atom. The molecule has 0 aliphatic carbocycles. The van der Waals surface area contributed by atoms with Gasteiger partial charge in [0.15, 0.2) is 0 Å². The molecule has 0 fully saturated rings. The summed E-state index contributed by atoms with van der Waals surface area (Å²) >= 11 is 0. The van der Waals surface area contributed by atoms with Crippen molar-refractivity contribution < 1.29 is 9.63 Å². The zero-order valence-corrected chi connectivity index (χ0v) is 12.6. The minimum Gasteiger partial charge on any atom is -0.338 e. The molecule has 21 heavy (non-hydrogen) atoms. The Morgan fingerprint density at radius 1 is 1.48 bits per heavy atom. The van der Waals surface area contributed by atoms with Gasteiger partial charge in [0.25, 0.3) is 0 Å². The zero-order valence-electron chi connectivity index (χ0n) is 12.6. The van der Waals surface area contributed by atoms with Crippen LogP contribution in [0.5, 0.6) is 0 Å². The van der Waals surface area contributed by atoms with Crippen molar-refractivity contribution in [2.24, 2.45) is 0 Å². The van der Waals surface area contributed by atoms with Gasteiger partial charge in [-0.2, -0.15) is 0 Å². The van der Waals surface area contributed by atoms with Gasteiger partial charge >= 0.3 is 5.97 Å². The van der Waals surface area contributed by atoms with Crippen LogP contribution < -0.4 is 5.48 Å². The first-order valence-electron chi connectivity index (χ1n) is 7.17. The largest absolute Gasteiger partial charge is 0.362 e. The molecule has 0 spiro atoms. The number of nitrogens with zero attached hydrogens (tertiary/aromatic N) is 1. The number of hydroxylamine groups is 1. The van der Waals surface area contributed by atoms with E-state index in [1.165, 1.54) is 5.57 Å². The predicted octanol–water partition coefficient (Wildman–Crippen LogP) is 2.90. The predicted molar refractivity (Wildman–Crippen MR) is 83.5 cm³/mol. The lowest BCUT2D eigenvalue weighted by atomic mass is 10.0. The third-order valence-corrected chi connectivity index (χ3v) is 3.72. The summed E-state index contributed by atoms with van der Waals surface area (Å²) in [6.07, 6.45) is 2.75. The molecule has 0 saturated carbocycles. The van der Waals surface area contributed by atoms with E-state index in [9.17, 15) is 4.79 Å². The molecule has 1 N–H and O–H groups in total. The van der Waals surface area contributed by atoms with Gasteiger partial charge in [-0.3, -0.25) is 4.90 Å². The van der Waals surface area contributed by atoms with E-state index >= 15 is 0 Å². The first kappa shape index (κ1) is 15.3. The summed E-state index contributed by atoms with van der Waals surface area (Å²) in [5.74, 6) is -0.364. The van der Waals surface area contributed by atoms with E-state index < -0.39 is 0 Å². The van der Waals surface area contributed by atoms with Gasteiger partial charge in [0, 0.05) is 25.6 Å². The standard InChI is InChI=1S/C17H22N2O2/c1-4-10-19-12-13(2)16(11-14(19)3)18-21-17(20)15-8-6-5-7-9-15/h4-9,14,18H,1,10-12H2,2-3H3/t14-/m1/s1. The molecule has 4 heteroatoms. The Kier molecular flexibility index (Phi) is 5.17. The maximum Gasteiger partial charge on any atom is 0.362 e. The van der Waals surface area contributed by atoms with Crippen LogP contribution in [0, 0.1) is 0 Å². The Morgan fingerprint density at radius 3 is 2.86 bits per heavy atom. The summed E-state index contributed by atoms with van der Waals surface area (Å²) in [4.78, 5) is 19.4. The fourth-order valence-corrected chi connectivity index (χ4v) is 2.43. The molecular formula is C17H22N2O2. The molecular weight excluding hydrogens is 264 g/mol. The van der Waals surface area contributed by atoms with E-state index in [1.54, 1.807) is 12.1 Å². The summed E-state index contributed by atoms with van der Waals surface area (Å²) in [5.41, 5.74) is 5.57. The lowest BCUT2D eigenvalue weighted by Gasteiger charge is -2.34. The monoisotopic (exact) mass is 286 g/mol. The van der Waals surface area contributed by atoms with Crippen LogP contribution in [0.4, 0.5) is 0 Å². The van der Waals surface area contributed by atoms with Crippen molar-refractivity contribution in [3.63, 3.8) is 0 Å². The van der Waals surface area contributed by atoms with Gasteiger partial charge in [-0.25, -0.2) is 10.3 Å². The van der Waals surface area contributed by atoms with E-state index in [0.29, 0.717) is 11.6 Å². The van der Waals surface area contributed by atoms with E-state index in [1.807, 2.05) is 24.3 Å². The van der Waals surface area contributed by atoms with Crippen LogP contribution in [-0.4, -0.2) is 30.0 Å². The van der Waals surface area contributed by atoms with Crippen molar-refractivity contribution >= 4 is 5.97 Å². The van der Waals surface area contributed by atoms with Gasteiger partial charge < -0.3 is 4.84 Å². The Labute approximate surface area is 126 Å². The highest BCUT2D eigenvalue weighted by Crippen LogP contribution is 2.21. The number of benzene rings is 1. The average molecular weight is 286 g/mol. The highest BCUT2D eigenvalue weighted by atomic mass is 16.7. The molecule has 1 aliphatic rings. The zero-order chi connectivity index (χ0) is 15.2. The van der Waals surface area contributed by atoms with Crippen molar-refractivity contribution in [2.75, 3.05) is 13.1 Å². The highest BCUT2D eigenvalue weighted by Gasteiger charge is 2.22. The van der Waals surface area contributed by atoms with Crippen molar-refractivity contribution in [1.82, 2.24) is 10.4 Å². The second-order valence-electron chi connectivity index (χ2n) is 5.39. The molecule has 2 rings (SSSR count). The molecule has 4 nitrogen and oxygen atoms in total. The Balaban J connectivity index is 1.95. The van der Waals surface area contributed by atoms with Crippen LogP contribution in [0.15, 0.2) is 54.3 Å². The normalized spacial score (nSPS) is 19.2. The molecule has 0 saturated heterocycles. The van der Waals surface area contributed by atoms with Gasteiger partial charge in [0.1, 0.15) is 0 Å². The Bertz CT molecular complexity index is 537. The molecule has 0 bridgehead atoms. The molecule has 1 atom stereocenters. The summed E-state index contributed by atoms with van der Waals surface area (Å²) in [6, 6.07) is 9.37. The van der Waals surface area contributed by atoms with Crippen molar-refractivity contribution in [1.29, 1.82) is 0 Å². The van der Waals surface area contributed by atoms with Crippen molar-refractivity contribution in [2.45, 2.75) is 26.3 Å². The summed E-state index contributed by atoms with van der Waals surface area (Å²) in [5, 5.41) is 0. The molecule has 112 valence electrons. The number of carbonyl (C=O) groups excluding carboxylic acids is 1. The summed E-state index contributed by atoms with van der Waals surface area (Å²) in [7, 11) is 0. The van der Waals surface area contributed by atoms with E-state index in [-0.39, 0.29) is 5.97 Å². The lowest BCUT2D eigenvalue weighted by Crippen LogP contribution is -2.41. The number of rotatable bonds is 5. The van der Waals surface area contributed by atoms with Crippen molar-refractivity contribution in [3.8, 4) is 0 Å². The second-order valence-corrected chi connectivity index (χ2v) is 5.39. The number of carbonyl (C=O) groups is 1. The maximum absolute atomic E-state index is 11.9. The minimum absolute atomic E-state index is 0.364. The van der Waals surface area contributed by atoms with E-state index in [4.69, 9.17) is 4.84 Å². The first-order chi connectivity index (χ1) is 10.1. The Hall–Kier alpha value is -2.07. The van der Waals surface area contributed by atoms with Gasteiger partial charge in [-0.1, -0.05) is 24.3 Å². The number of hydrogen-bond donors (Lipinski definition) is 1. The van der Waals surface area contributed by atoms with Gasteiger partial charge in [-0.05, 0) is 31.6 Å². The molecule has 1 aromatic carbocycles. The molecule has 0 aromatic heterocycles. The van der Waals surface area contributed by atoms with E-state index in [2.05, 4.69) is 30.8 Å². The third kappa shape index (κ3) is 3.95. The van der Waals surface area contributed by atoms with Crippen LogP contribution in [0.1, 0.15) is 30.6 Å². The van der Waals surface area contributed by atoms with Crippen LogP contribution in [0.2, 0.25) is 0 Å². The summed E-state index contributed by atoms with van der Waals surface area (Å²) in [6.45, 7) is 9.73. The molecule has 1 aromatic rings.